The zero-order chi connectivity index (χ0) is 67.5. The maximum Gasteiger partial charge on any atom is 0.509 e. The molecule has 0 aliphatic rings. The van der Waals surface area contributed by atoms with Gasteiger partial charge in [-0.3, -0.25) is 19.7 Å². The van der Waals surface area contributed by atoms with Crippen molar-refractivity contribution in [1.82, 2.24) is 27.2 Å². The van der Waals surface area contributed by atoms with E-state index in [0.717, 1.165) is 133 Å². The molecule has 6 unspecified atom stereocenters. The summed E-state index contributed by atoms with van der Waals surface area (Å²) in [7, 11) is -7.72. The average Bonchev–Trinajstić information content (AvgIpc) is 3.36. The van der Waals surface area contributed by atoms with E-state index in [1.54, 1.807) is 66.1 Å². The number of non-ortho nitro benzene ring substituents is 1. The lowest BCUT2D eigenvalue weighted by molar-refractivity contribution is -0.384. The van der Waals surface area contributed by atoms with Crippen LogP contribution in [-0.4, -0.2) is 231 Å². The van der Waals surface area contributed by atoms with E-state index < -0.39 is 77.3 Å². The molecule has 0 saturated heterocycles. The number of carbonyl (C=O) groups is 4. The highest BCUT2D eigenvalue weighted by Crippen LogP contribution is 2.26. The zero-order valence-electron chi connectivity index (χ0n) is 53.9. The Bertz CT molecular complexity index is 3020. The first-order valence-corrected chi connectivity index (χ1v) is 39.7. The Morgan fingerprint density at radius 3 is 1.02 bits per heavy atom. The van der Waals surface area contributed by atoms with E-state index in [0.29, 0.717) is 16.3 Å². The van der Waals surface area contributed by atoms with E-state index in [4.69, 9.17) is 21.1 Å². The second-order valence-electron chi connectivity index (χ2n) is 16.0. The third kappa shape index (κ3) is 63.0. The first-order chi connectivity index (χ1) is 38.4. The highest BCUT2D eigenvalue weighted by Gasteiger charge is 2.18. The van der Waals surface area contributed by atoms with Gasteiger partial charge in [-0.15, -0.1) is 22.3 Å². The molecule has 6 atom stereocenters. The second-order valence-corrected chi connectivity index (χ2v) is 36.5. The van der Waals surface area contributed by atoms with E-state index in [-0.39, 0.29) is 113 Å². The van der Waals surface area contributed by atoms with Crippen molar-refractivity contribution in [2.75, 3.05) is 124 Å². The van der Waals surface area contributed by atoms with Gasteiger partial charge in [0.2, 0.25) is 60.1 Å². The van der Waals surface area contributed by atoms with Crippen molar-refractivity contribution in [1.29, 1.82) is 0 Å². The molecule has 0 N–H and O–H groups in total. The Balaban J connectivity index is -0.000000107. The number of hydrogen-bond donors (Lipinski definition) is 0. The third-order valence-corrected chi connectivity index (χ3v) is 24.5. The van der Waals surface area contributed by atoms with Crippen LogP contribution in [0.25, 0.3) is 0 Å². The Morgan fingerprint density at radius 2 is 0.758 bits per heavy atom. The molecule has 0 aliphatic heterocycles. The number of nitrogens with zero attached hydrogens (tertiary/aromatic N) is 8. The van der Waals surface area contributed by atoms with Crippen molar-refractivity contribution in [2.24, 2.45) is 5.92 Å². The maximum absolute atomic E-state index is 11.1. The van der Waals surface area contributed by atoms with E-state index in [9.17, 15) is 79.8 Å². The quantitative estimate of drug-likeness (QED) is 0.0197. The van der Waals surface area contributed by atoms with Crippen LogP contribution in [0.15, 0.2) is 58.3 Å². The molecule has 91 heavy (non-hydrogen) atoms. The summed E-state index contributed by atoms with van der Waals surface area (Å²) >= 11 is 11.5. The largest absolute Gasteiger partial charge is 0.509 e. The number of carbonyl (C=O) groups excluding carboxylic acids is 4. The monoisotopic (exact) mass is 1670 g/mol. The van der Waals surface area contributed by atoms with Crippen LogP contribution < -0.4 is 0 Å². The zero-order valence-corrected chi connectivity index (χ0v) is 73.0. The molecule has 0 aliphatic carbocycles. The molecular weight excluding hydrogens is 1580 g/mol. The molecule has 0 radical (unpaired) electrons. The highest BCUT2D eigenvalue weighted by molar-refractivity contribution is 8.10. The minimum absolute atomic E-state index is 0. The molecule has 2 aromatic carbocycles. The smallest absolute Gasteiger partial charge is 0.453 e. The van der Waals surface area contributed by atoms with Crippen molar-refractivity contribution in [3.05, 3.63) is 63.7 Å². The summed E-state index contributed by atoms with van der Waals surface area (Å²) in [5, 5.41) is 11.0. The number of benzene rings is 2. The first kappa shape index (κ1) is 112. The number of rotatable bonds is 26. The van der Waals surface area contributed by atoms with Crippen molar-refractivity contribution in [3.63, 3.8) is 0 Å². The summed E-state index contributed by atoms with van der Waals surface area (Å²) in [6, 6.07) is 12.7. The molecule has 31 nitrogen and oxygen atoms in total. The topological polar surface area (TPSA) is 385 Å². The molecule has 0 aromatic heterocycles. The van der Waals surface area contributed by atoms with Crippen LogP contribution in [0.5, 0.6) is 0 Å². The van der Waals surface area contributed by atoms with Gasteiger partial charge < -0.3 is 28.6 Å². The van der Waals surface area contributed by atoms with E-state index in [2.05, 4.69) is 14.2 Å². The predicted octanol–water partition coefficient (Wildman–Crippen LogP) is 6.04. The number of hydrogen-bond acceptors (Lipinski definition) is 29. The molecule has 0 bridgehead atoms. The fourth-order valence-electron chi connectivity index (χ4n) is 3.12. The van der Waals surface area contributed by atoms with Gasteiger partial charge in [-0.2, -0.15) is 59.4 Å². The molecule has 1 amide bonds. The van der Waals surface area contributed by atoms with Crippen LogP contribution in [0.4, 0.5) is 15.3 Å². The number of ether oxygens (including phenoxy) is 5. The van der Waals surface area contributed by atoms with Crippen LogP contribution in [0.3, 0.4) is 0 Å². The van der Waals surface area contributed by atoms with Crippen LogP contribution >= 0.6 is 143 Å². The molecule has 544 valence electrons. The van der Waals surface area contributed by atoms with Crippen LogP contribution in [0, 0.1) is 16.0 Å². The first-order valence-electron chi connectivity index (χ1n) is 22.9. The van der Waals surface area contributed by atoms with Gasteiger partial charge in [-0.1, -0.05) is 32.4 Å². The number of sulfonamides is 6. The molecule has 0 spiro atoms. The summed E-state index contributed by atoms with van der Waals surface area (Å²) in [4.78, 5) is 55.8. The molecule has 2 aromatic rings. The summed E-state index contributed by atoms with van der Waals surface area (Å²) in [5.41, 5.74) is -0.0219. The predicted molar refractivity (Wildman–Crippen MR) is 404 cm³/mol. The van der Waals surface area contributed by atoms with Gasteiger partial charge in [-0.05, 0) is 115 Å². The van der Waals surface area contributed by atoms with Gasteiger partial charge in [0.25, 0.3) is 5.69 Å². The molecular formula is C41H93ClN8O23P6S12. The van der Waals surface area contributed by atoms with Gasteiger partial charge in [-0.25, -0.2) is 60.1 Å². The molecule has 0 heterocycles. The number of esters is 2. The summed E-state index contributed by atoms with van der Waals surface area (Å²) in [5.74, 6) is -0.951. The van der Waals surface area contributed by atoms with Crippen LogP contribution in [0.1, 0.15) is 34.1 Å². The number of amides is 1. The number of nitro groups is 1. The third-order valence-electron chi connectivity index (χ3n) is 8.24. The standard InChI is InChI=1S/C8H10ClNO2S2.C8H10N2O4S2.C7H15NO4S2.C6H14N2O4S2.C6H13NO5S2.C6H13NO4S2.6H3P/c1-10(14(2,11)12)13-8-5-3-7(9)4-6-8;1-9(16(2,13)14)15-8-5-3-7(4-6-8)10(11)12;1-6(2)7(9)12-5-13-8(3)14(4,10)11;1-7(2)6(9)12-5-13-8(3)14(4,10)11;1-4-11-6(8)12-5-13-7(2)14(3,9)10;1-4-6(8)11-5-12-7(2)13(3,9)10;;;;;;/h3-6H,1-2H3;3-6H,1-2H3;6H,5H2,1-4H3;5H2,1-4H3;4-5H2,1-3H3;4-5H2,1-3H3;6*1H3. The minimum atomic E-state index is -3.27. The fraction of sp³-hybridized carbons (Fsp3) is 0.610. The van der Waals surface area contributed by atoms with E-state index >= 15 is 0 Å². The molecule has 2 rings (SSSR count). The van der Waals surface area contributed by atoms with E-state index in [1.807, 2.05) is 0 Å². The fourth-order valence-corrected chi connectivity index (χ4v) is 10.8. The SMILES string of the molecule is CC(C)C(=O)OCSN(C)S(C)(=O)=O.CCC(=O)OCSN(C)S(C)(=O)=O.CCOC(=O)OCSN(C)S(C)(=O)=O.CN(C)C(=O)OCSN(C)S(C)(=O)=O.CN(Sc1ccc(Cl)cc1)S(C)(=O)=O.CN(Sc1ccc([N+](=O)[O-])cc1)S(C)(=O)=O.P.P.P.P.P.P. The van der Waals surface area contributed by atoms with E-state index in [1.165, 1.54) is 75.2 Å². The Hall–Kier alpha value is -0.250. The van der Waals surface area contributed by atoms with Crippen molar-refractivity contribution in [2.45, 2.75) is 43.9 Å². The summed E-state index contributed by atoms with van der Waals surface area (Å²) in [6.45, 7) is 6.98. The minimum Gasteiger partial charge on any atom is -0.453 e. The lowest BCUT2D eigenvalue weighted by Crippen LogP contribution is -2.24. The van der Waals surface area contributed by atoms with Gasteiger partial charge >= 0.3 is 24.2 Å². The normalized spacial score (nSPS) is 11.0. The van der Waals surface area contributed by atoms with Gasteiger partial charge in [0.1, 0.15) is 0 Å². The van der Waals surface area contributed by atoms with Gasteiger partial charge in [0.15, 0.2) is 23.8 Å². The van der Waals surface area contributed by atoms with Crippen LogP contribution in [-0.2, 0) is 93.4 Å². The molecule has 0 saturated carbocycles. The maximum atomic E-state index is 11.1. The Kier molecular flexibility index (Phi) is 69.7. The Labute approximate surface area is 590 Å². The number of nitro benzene ring substituents is 1. The number of halogens is 1. The van der Waals surface area contributed by atoms with Crippen molar-refractivity contribution >= 4 is 233 Å². The summed E-state index contributed by atoms with van der Waals surface area (Å²) in [6.07, 6.45) is 5.55. The van der Waals surface area contributed by atoms with Gasteiger partial charge in [0, 0.05) is 89.7 Å². The van der Waals surface area contributed by atoms with Crippen LogP contribution in [0.2, 0.25) is 5.02 Å². The van der Waals surface area contributed by atoms with Crippen molar-refractivity contribution in [3.8, 4) is 0 Å². The Morgan fingerprint density at radius 1 is 0.473 bits per heavy atom. The van der Waals surface area contributed by atoms with Crippen molar-refractivity contribution < 1.29 is 98.3 Å². The second kappa shape index (κ2) is 56.6. The van der Waals surface area contributed by atoms with Gasteiger partial charge in [0.05, 0.1) is 55.0 Å². The lowest BCUT2D eigenvalue weighted by atomic mass is 10.2. The lowest BCUT2D eigenvalue weighted by Gasteiger charge is -2.14. The molecule has 0 fully saturated rings. The highest BCUT2D eigenvalue weighted by atomic mass is 35.5. The molecule has 50 heteroatoms. The summed E-state index contributed by atoms with van der Waals surface area (Å²) < 4.78 is 161. The average molecular weight is 1670 g/mol.